The highest BCUT2D eigenvalue weighted by atomic mass is 15.2. The van der Waals surface area contributed by atoms with E-state index in [1.165, 1.54) is 84.1 Å². The third-order valence-corrected chi connectivity index (χ3v) is 15.8. The first kappa shape index (κ1) is 46.0. The Kier molecular flexibility index (Phi) is 13.8. The van der Waals surface area contributed by atoms with Gasteiger partial charge in [-0.2, -0.15) is 0 Å². The third-order valence-electron chi connectivity index (χ3n) is 15.8. The second-order valence-electron chi connectivity index (χ2n) is 20.3. The van der Waals surface area contributed by atoms with Crippen LogP contribution in [0.4, 0.5) is 11.4 Å². The third kappa shape index (κ3) is 10.4. The summed E-state index contributed by atoms with van der Waals surface area (Å²) in [5.41, 5.74) is 20.0. The molecule has 0 saturated carbocycles. The summed E-state index contributed by atoms with van der Waals surface area (Å²) in [4.78, 5) is 5.06. The molecule has 5 aromatic carbocycles. The average Bonchev–Trinajstić information content (AvgIpc) is 3.44. The molecule has 2 nitrogen and oxygen atoms in total. The van der Waals surface area contributed by atoms with Crippen LogP contribution in [0.5, 0.6) is 0 Å². The van der Waals surface area contributed by atoms with Crippen LogP contribution in [-0.2, 0) is 0 Å². The van der Waals surface area contributed by atoms with E-state index in [4.69, 9.17) is 0 Å². The van der Waals surface area contributed by atoms with Crippen LogP contribution < -0.4 is 4.90 Å². The molecule has 0 fully saturated rings. The maximum atomic E-state index is 2.56. The van der Waals surface area contributed by atoms with E-state index >= 15 is 0 Å². The molecule has 5 unspecified atom stereocenters. The van der Waals surface area contributed by atoms with E-state index in [2.05, 4.69) is 260 Å². The number of hydrogen-bond donors (Lipinski definition) is 0. The van der Waals surface area contributed by atoms with Crippen molar-refractivity contribution < 1.29 is 0 Å². The maximum Gasteiger partial charge on any atom is 0.0447 e. The van der Waals surface area contributed by atoms with Gasteiger partial charge in [-0.25, -0.2) is 0 Å². The molecule has 0 bridgehead atoms. The Bertz CT molecular complexity index is 3090. The molecule has 0 aliphatic heterocycles. The molecule has 0 amide bonds. The molecule has 0 heterocycles. The molecule has 5 aromatic rings. The van der Waals surface area contributed by atoms with Gasteiger partial charge in [-0.05, 0) is 167 Å². The van der Waals surface area contributed by atoms with E-state index in [0.29, 0.717) is 29.6 Å². The highest BCUT2D eigenvalue weighted by Crippen LogP contribution is 2.42. The molecule has 6 aliphatic rings. The van der Waals surface area contributed by atoms with E-state index in [1.807, 2.05) is 0 Å². The fourth-order valence-corrected chi connectivity index (χ4v) is 11.6. The average molecular weight is 923 g/mol. The van der Waals surface area contributed by atoms with Gasteiger partial charge in [-0.1, -0.05) is 208 Å². The molecule has 2 heteroatoms. The lowest BCUT2D eigenvalue weighted by molar-refractivity contribution is 0.385. The summed E-state index contributed by atoms with van der Waals surface area (Å²) < 4.78 is 0. The van der Waals surface area contributed by atoms with E-state index in [-0.39, 0.29) is 0 Å². The number of allylic oxidation sites excluding steroid dienone is 21. The summed E-state index contributed by atoms with van der Waals surface area (Å²) in [6.07, 6.45) is 45.9. The first-order chi connectivity index (χ1) is 35.0. The standard InChI is InChI=1S/C69H66N2/c1-50-47-61(55-21-13-6-14-22-55)23-24-63(50)49-70(64-36-25-56(26-37-64)52-15-7-3-8-16-52)65-38-27-59(28-39-65)62-35-46-69(51(2)48-62)60-33-44-68(45-34-60)71(66-40-29-57(30-41-66)53-17-9-4-10-18-53)67-42-31-58(32-43-67)54-19-11-5-12-20-54/h3-11,13-19,21-29,31,33,35-42,44-46,48,50-51,57,60,69H,12,20,30,32,34,43,47,49H2,1-2H3. The topological polar surface area (TPSA) is 6.48 Å². The van der Waals surface area contributed by atoms with Gasteiger partial charge in [0.25, 0.3) is 0 Å². The van der Waals surface area contributed by atoms with Gasteiger partial charge < -0.3 is 9.80 Å². The van der Waals surface area contributed by atoms with Crippen LogP contribution in [0.15, 0.2) is 271 Å². The molecule has 0 aromatic heterocycles. The molecule has 352 valence electrons. The van der Waals surface area contributed by atoms with Crippen molar-refractivity contribution in [2.24, 2.45) is 23.7 Å². The highest BCUT2D eigenvalue weighted by Gasteiger charge is 2.29. The summed E-state index contributed by atoms with van der Waals surface area (Å²) >= 11 is 0. The van der Waals surface area contributed by atoms with Gasteiger partial charge >= 0.3 is 0 Å². The number of benzene rings is 5. The second kappa shape index (κ2) is 21.3. The van der Waals surface area contributed by atoms with E-state index in [9.17, 15) is 0 Å². The van der Waals surface area contributed by atoms with Crippen LogP contribution in [-0.4, -0.2) is 11.4 Å². The van der Waals surface area contributed by atoms with E-state index < -0.39 is 0 Å². The SMILES string of the molecule is CC1CC(c2ccccc2)=CC=C1CN(c1ccc(C2=CC(C)C(C3C=CC(N(C4=CCC(c5ccccc5)C=C4)C4=CC=C(C5=CC=CCC5)CC4)=CC3)C=C2)cc1)c1ccc(-c2ccccc2)cc1. The number of hydrogen-bond acceptors (Lipinski definition) is 2. The van der Waals surface area contributed by atoms with Crippen molar-refractivity contribution in [3.8, 4) is 11.1 Å². The zero-order valence-corrected chi connectivity index (χ0v) is 41.5. The Balaban J connectivity index is 0.800. The number of anilines is 2. The predicted molar refractivity (Wildman–Crippen MR) is 301 cm³/mol. The van der Waals surface area contributed by atoms with Crippen LogP contribution in [0.2, 0.25) is 0 Å². The summed E-state index contributed by atoms with van der Waals surface area (Å²) in [6, 6.07) is 50.9. The van der Waals surface area contributed by atoms with Gasteiger partial charge in [-0.3, -0.25) is 0 Å². The van der Waals surface area contributed by atoms with Crippen molar-refractivity contribution in [2.45, 2.75) is 64.7 Å². The molecule has 0 N–H and O–H groups in total. The minimum Gasteiger partial charge on any atom is -0.337 e. The number of rotatable bonds is 13. The Labute approximate surface area is 423 Å². The fourth-order valence-electron chi connectivity index (χ4n) is 11.6. The second-order valence-corrected chi connectivity index (χ2v) is 20.3. The largest absolute Gasteiger partial charge is 0.337 e. The molecule has 6 aliphatic carbocycles. The lowest BCUT2D eigenvalue weighted by Crippen LogP contribution is -2.26. The van der Waals surface area contributed by atoms with Crippen LogP contribution in [0.3, 0.4) is 0 Å². The van der Waals surface area contributed by atoms with Crippen molar-refractivity contribution in [1.29, 1.82) is 0 Å². The van der Waals surface area contributed by atoms with Gasteiger partial charge in [-0.15, -0.1) is 0 Å². The predicted octanol–water partition coefficient (Wildman–Crippen LogP) is 18.0. The van der Waals surface area contributed by atoms with Crippen LogP contribution in [0, 0.1) is 23.7 Å². The Morgan fingerprint density at radius 3 is 1.76 bits per heavy atom. The number of nitrogens with zero attached hydrogens (tertiary/aromatic N) is 2. The summed E-state index contributed by atoms with van der Waals surface area (Å²) in [6.45, 7) is 5.63. The molecular formula is C69H66N2. The first-order valence-electron chi connectivity index (χ1n) is 26.3. The lowest BCUT2D eigenvalue weighted by Gasteiger charge is -2.36. The van der Waals surface area contributed by atoms with Gasteiger partial charge in [0.15, 0.2) is 0 Å². The summed E-state index contributed by atoms with van der Waals surface area (Å²) in [5, 5.41) is 0. The zero-order valence-electron chi connectivity index (χ0n) is 41.5. The Hall–Kier alpha value is -7.42. The fraction of sp³-hybridized carbons (Fsp3) is 0.217. The smallest absolute Gasteiger partial charge is 0.0447 e. The molecule has 0 saturated heterocycles. The summed E-state index contributed by atoms with van der Waals surface area (Å²) in [5.74, 6) is 2.15. The zero-order chi connectivity index (χ0) is 47.9. The van der Waals surface area contributed by atoms with Crippen LogP contribution in [0.1, 0.15) is 81.4 Å². The van der Waals surface area contributed by atoms with Gasteiger partial charge in [0.2, 0.25) is 0 Å². The quantitative estimate of drug-likeness (QED) is 0.116. The molecular weight excluding hydrogens is 857 g/mol. The molecule has 11 rings (SSSR count). The lowest BCUT2D eigenvalue weighted by atomic mass is 9.75. The van der Waals surface area contributed by atoms with Gasteiger partial charge in [0.1, 0.15) is 0 Å². The van der Waals surface area contributed by atoms with Crippen molar-refractivity contribution >= 4 is 22.5 Å². The van der Waals surface area contributed by atoms with E-state index in [1.54, 1.807) is 0 Å². The Morgan fingerprint density at radius 1 is 0.521 bits per heavy atom. The monoisotopic (exact) mass is 923 g/mol. The Morgan fingerprint density at radius 2 is 1.15 bits per heavy atom. The van der Waals surface area contributed by atoms with Crippen molar-refractivity contribution in [3.05, 3.63) is 287 Å². The van der Waals surface area contributed by atoms with Crippen LogP contribution in [0.25, 0.3) is 22.3 Å². The first-order valence-corrected chi connectivity index (χ1v) is 26.3. The molecule has 0 radical (unpaired) electrons. The van der Waals surface area contributed by atoms with Crippen LogP contribution >= 0.6 is 0 Å². The molecule has 5 atom stereocenters. The molecule has 71 heavy (non-hydrogen) atoms. The minimum absolute atomic E-state index is 0.411. The molecule has 0 spiro atoms. The summed E-state index contributed by atoms with van der Waals surface area (Å²) in [7, 11) is 0. The van der Waals surface area contributed by atoms with Crippen molar-refractivity contribution in [2.75, 3.05) is 11.4 Å². The van der Waals surface area contributed by atoms with Gasteiger partial charge in [0, 0.05) is 40.9 Å². The van der Waals surface area contributed by atoms with Gasteiger partial charge in [0.05, 0.1) is 0 Å². The highest BCUT2D eigenvalue weighted by molar-refractivity contribution is 5.78. The van der Waals surface area contributed by atoms with E-state index in [0.717, 1.165) is 51.5 Å². The van der Waals surface area contributed by atoms with Crippen molar-refractivity contribution in [3.63, 3.8) is 0 Å². The van der Waals surface area contributed by atoms with Crippen molar-refractivity contribution in [1.82, 2.24) is 4.90 Å². The normalized spacial score (nSPS) is 22.8. The minimum atomic E-state index is 0.411. The maximum absolute atomic E-state index is 2.56.